The molecule has 16 heavy (non-hydrogen) atoms. The quantitative estimate of drug-likeness (QED) is 0.874. The Morgan fingerprint density at radius 2 is 2.38 bits per heavy atom. The lowest BCUT2D eigenvalue weighted by molar-refractivity contribution is 0.165. The molecular weight excluding hydrogens is 218 g/mol. The largest absolute Gasteiger partial charge is 0.392 e. The van der Waals surface area contributed by atoms with Crippen LogP contribution in [0.1, 0.15) is 37.4 Å². The summed E-state index contributed by atoms with van der Waals surface area (Å²) in [6.45, 7) is 4.33. The molecule has 2 unspecified atom stereocenters. The van der Waals surface area contributed by atoms with Crippen molar-refractivity contribution < 1.29 is 5.11 Å². The summed E-state index contributed by atoms with van der Waals surface area (Å²) in [6, 6.07) is 4.11. The summed E-state index contributed by atoms with van der Waals surface area (Å²) >= 11 is 1.82. The summed E-state index contributed by atoms with van der Waals surface area (Å²) in [5.74, 6) is 1.07. The summed E-state index contributed by atoms with van der Waals surface area (Å²) in [5, 5.41) is 10.8. The van der Waals surface area contributed by atoms with Gasteiger partial charge in [0.1, 0.15) is 0 Å². The minimum absolute atomic E-state index is 0.247. The molecule has 88 valence electrons. The second kappa shape index (κ2) is 5.19. The highest BCUT2D eigenvalue weighted by Gasteiger charge is 2.29. The van der Waals surface area contributed by atoms with E-state index in [1.165, 1.54) is 5.56 Å². The Bertz CT molecular complexity index is 354. The van der Waals surface area contributed by atoms with E-state index in [1.54, 1.807) is 0 Å². The van der Waals surface area contributed by atoms with Gasteiger partial charge in [0.15, 0.2) is 0 Å². The molecule has 0 bridgehead atoms. The van der Waals surface area contributed by atoms with Gasteiger partial charge in [-0.2, -0.15) is 11.8 Å². The van der Waals surface area contributed by atoms with Crippen LogP contribution in [0.3, 0.4) is 0 Å². The molecule has 0 fully saturated rings. The summed E-state index contributed by atoms with van der Waals surface area (Å²) in [5.41, 5.74) is 2.44. The first kappa shape index (κ1) is 11.9. The highest BCUT2D eigenvalue weighted by atomic mass is 32.2. The third-order valence-electron chi connectivity index (χ3n) is 3.07. The molecule has 0 spiro atoms. The number of nitrogens with zero attached hydrogens (tertiary/aromatic N) is 1. The van der Waals surface area contributed by atoms with E-state index in [0.29, 0.717) is 5.25 Å². The molecule has 0 amide bonds. The van der Waals surface area contributed by atoms with Crippen LogP contribution in [0, 0.1) is 0 Å². The number of pyridine rings is 1. The summed E-state index contributed by atoms with van der Waals surface area (Å²) in [6.07, 6.45) is 3.70. The van der Waals surface area contributed by atoms with Crippen LogP contribution in [0.5, 0.6) is 0 Å². The number of fused-ring (bicyclic) bond motifs is 1. The zero-order valence-electron chi connectivity index (χ0n) is 9.89. The van der Waals surface area contributed by atoms with Crippen molar-refractivity contribution in [2.75, 3.05) is 5.75 Å². The number of hydrogen-bond donors (Lipinski definition) is 1. The number of aromatic nitrogens is 1. The molecule has 2 rings (SSSR count). The van der Waals surface area contributed by atoms with Crippen LogP contribution in [0.4, 0.5) is 0 Å². The fourth-order valence-electron chi connectivity index (χ4n) is 2.23. The third-order valence-corrected chi connectivity index (χ3v) is 4.27. The summed E-state index contributed by atoms with van der Waals surface area (Å²) in [7, 11) is 0. The van der Waals surface area contributed by atoms with Gasteiger partial charge in [0.25, 0.3) is 0 Å². The SMILES string of the molecule is CC(C)SCC(O)C1CCc2cccnc21. The highest BCUT2D eigenvalue weighted by molar-refractivity contribution is 7.99. The molecule has 2 atom stereocenters. The number of aryl methyl sites for hydroxylation is 1. The van der Waals surface area contributed by atoms with Gasteiger partial charge in [-0.25, -0.2) is 0 Å². The van der Waals surface area contributed by atoms with Gasteiger partial charge in [-0.1, -0.05) is 19.9 Å². The predicted molar refractivity (Wildman–Crippen MR) is 68.9 cm³/mol. The van der Waals surface area contributed by atoms with Gasteiger partial charge in [-0.05, 0) is 29.7 Å². The summed E-state index contributed by atoms with van der Waals surface area (Å²) in [4.78, 5) is 4.42. The van der Waals surface area contributed by atoms with Crippen LogP contribution in [-0.4, -0.2) is 27.2 Å². The van der Waals surface area contributed by atoms with E-state index < -0.39 is 0 Å². The van der Waals surface area contributed by atoms with Crippen molar-refractivity contribution in [2.45, 2.75) is 44.0 Å². The van der Waals surface area contributed by atoms with Crippen molar-refractivity contribution in [3.63, 3.8) is 0 Å². The Morgan fingerprint density at radius 3 is 3.12 bits per heavy atom. The van der Waals surface area contributed by atoms with E-state index in [9.17, 15) is 5.11 Å². The first-order valence-corrected chi connectivity index (χ1v) is 6.97. The molecule has 1 aliphatic carbocycles. The molecule has 0 aromatic carbocycles. The Kier molecular flexibility index (Phi) is 3.87. The zero-order chi connectivity index (χ0) is 11.5. The number of thioether (sulfide) groups is 1. The van der Waals surface area contributed by atoms with Crippen molar-refractivity contribution in [1.82, 2.24) is 4.98 Å². The topological polar surface area (TPSA) is 33.1 Å². The molecule has 0 saturated heterocycles. The van der Waals surface area contributed by atoms with Gasteiger partial charge in [0.2, 0.25) is 0 Å². The lowest BCUT2D eigenvalue weighted by Crippen LogP contribution is -2.20. The molecular formula is C13H19NOS. The number of aliphatic hydroxyl groups excluding tert-OH is 1. The standard InChI is InChI=1S/C13H19NOS/c1-9(2)16-8-12(15)11-6-5-10-4-3-7-14-13(10)11/h3-4,7,9,11-12,15H,5-6,8H2,1-2H3. The van der Waals surface area contributed by atoms with Crippen molar-refractivity contribution in [3.05, 3.63) is 29.6 Å². The monoisotopic (exact) mass is 237 g/mol. The average molecular weight is 237 g/mol. The van der Waals surface area contributed by atoms with E-state index in [4.69, 9.17) is 0 Å². The average Bonchev–Trinajstić information content (AvgIpc) is 2.69. The van der Waals surface area contributed by atoms with Crippen LogP contribution in [0.15, 0.2) is 18.3 Å². The van der Waals surface area contributed by atoms with Crippen molar-refractivity contribution in [1.29, 1.82) is 0 Å². The maximum absolute atomic E-state index is 10.2. The zero-order valence-corrected chi connectivity index (χ0v) is 10.7. The van der Waals surface area contributed by atoms with Crippen LogP contribution in [0.2, 0.25) is 0 Å². The Labute approximate surface area is 101 Å². The fraction of sp³-hybridized carbons (Fsp3) is 0.615. The van der Waals surface area contributed by atoms with Crippen LogP contribution >= 0.6 is 11.8 Å². The smallest absolute Gasteiger partial charge is 0.0714 e. The van der Waals surface area contributed by atoms with Gasteiger partial charge in [0.05, 0.1) is 6.10 Å². The van der Waals surface area contributed by atoms with Crippen molar-refractivity contribution >= 4 is 11.8 Å². The lowest BCUT2D eigenvalue weighted by Gasteiger charge is -2.18. The molecule has 1 N–H and O–H groups in total. The van der Waals surface area contributed by atoms with E-state index >= 15 is 0 Å². The Balaban J connectivity index is 2.01. The van der Waals surface area contributed by atoms with Gasteiger partial charge in [-0.3, -0.25) is 4.98 Å². The van der Waals surface area contributed by atoms with Crippen LogP contribution in [-0.2, 0) is 6.42 Å². The van der Waals surface area contributed by atoms with Gasteiger partial charge in [0, 0.05) is 23.6 Å². The van der Waals surface area contributed by atoms with Gasteiger partial charge in [-0.15, -0.1) is 0 Å². The second-order valence-corrected chi connectivity index (χ2v) is 6.25. The molecule has 1 heterocycles. The number of aliphatic hydroxyl groups is 1. The van der Waals surface area contributed by atoms with Crippen molar-refractivity contribution in [2.24, 2.45) is 0 Å². The summed E-state index contributed by atoms with van der Waals surface area (Å²) < 4.78 is 0. The normalized spacial score (nSPS) is 21.1. The fourth-order valence-corrected chi connectivity index (χ4v) is 3.04. The number of rotatable bonds is 4. The molecule has 0 saturated carbocycles. The maximum atomic E-state index is 10.2. The molecule has 1 aromatic rings. The Morgan fingerprint density at radius 1 is 1.56 bits per heavy atom. The molecule has 2 nitrogen and oxygen atoms in total. The van der Waals surface area contributed by atoms with Crippen LogP contribution < -0.4 is 0 Å². The Hall–Kier alpha value is -0.540. The molecule has 0 radical (unpaired) electrons. The van der Waals surface area contributed by atoms with Gasteiger partial charge >= 0.3 is 0 Å². The highest BCUT2D eigenvalue weighted by Crippen LogP contribution is 2.34. The minimum atomic E-state index is -0.247. The molecule has 1 aliphatic rings. The van der Waals surface area contributed by atoms with E-state index in [1.807, 2.05) is 24.0 Å². The molecule has 1 aromatic heterocycles. The van der Waals surface area contributed by atoms with E-state index in [0.717, 1.165) is 24.3 Å². The van der Waals surface area contributed by atoms with Crippen LogP contribution in [0.25, 0.3) is 0 Å². The van der Waals surface area contributed by atoms with E-state index in [-0.39, 0.29) is 12.0 Å². The third kappa shape index (κ3) is 2.58. The first-order valence-electron chi connectivity index (χ1n) is 5.92. The molecule has 0 aliphatic heterocycles. The predicted octanol–water partition coefficient (Wildman–Crippen LogP) is 2.61. The van der Waals surface area contributed by atoms with E-state index in [2.05, 4.69) is 24.9 Å². The first-order chi connectivity index (χ1) is 7.68. The lowest BCUT2D eigenvalue weighted by atomic mass is 10.0. The van der Waals surface area contributed by atoms with Crippen molar-refractivity contribution in [3.8, 4) is 0 Å². The molecule has 3 heteroatoms. The second-order valence-electron chi connectivity index (χ2n) is 4.64. The maximum Gasteiger partial charge on any atom is 0.0714 e. The van der Waals surface area contributed by atoms with Gasteiger partial charge < -0.3 is 5.11 Å². The number of hydrogen-bond acceptors (Lipinski definition) is 3. The minimum Gasteiger partial charge on any atom is -0.392 e.